The van der Waals surface area contributed by atoms with Crippen LogP contribution in [0.5, 0.6) is 5.75 Å². The van der Waals surface area contributed by atoms with Crippen molar-refractivity contribution in [3.63, 3.8) is 0 Å². The predicted molar refractivity (Wildman–Crippen MR) is 161 cm³/mol. The van der Waals surface area contributed by atoms with Crippen molar-refractivity contribution in [3.8, 4) is 5.75 Å². The van der Waals surface area contributed by atoms with Crippen LogP contribution in [0.15, 0.2) is 59.0 Å². The largest absolute Gasteiger partial charge is 0.487 e. The molecule has 2 N–H and O–H groups in total. The average Bonchev–Trinajstić information content (AvgIpc) is 3.60. The van der Waals surface area contributed by atoms with Crippen LogP contribution in [-0.4, -0.2) is 74.0 Å². The number of piperazine rings is 1. The molecule has 0 saturated carbocycles. The van der Waals surface area contributed by atoms with Crippen molar-refractivity contribution in [1.29, 1.82) is 0 Å². The van der Waals surface area contributed by atoms with E-state index in [2.05, 4.69) is 9.69 Å². The van der Waals surface area contributed by atoms with E-state index in [9.17, 15) is 24.3 Å². The van der Waals surface area contributed by atoms with E-state index in [4.69, 9.17) is 21.3 Å². The molecule has 0 radical (unpaired) electrons. The van der Waals surface area contributed by atoms with Gasteiger partial charge in [-0.15, -0.1) is 0 Å². The molecular weight excluding hydrogens is 594 g/mol. The Kier molecular flexibility index (Phi) is 8.52. The number of Topliss-reactive ketones (excluding diaryl/α,β-unsaturated/α-hetero) is 1. The molecule has 13 heteroatoms. The topological polar surface area (TPSA) is 142 Å². The molecule has 2 atom stereocenters. The molecule has 2 aliphatic heterocycles. The number of aliphatic imine (C=N–C) groups is 1. The number of hydrogen-bond donors (Lipinski definition) is 2. The van der Waals surface area contributed by atoms with Gasteiger partial charge in [0, 0.05) is 40.8 Å². The number of carbonyl (C=O) groups excluding carboxylic acids is 3. The highest BCUT2D eigenvalue weighted by molar-refractivity contribution is 7.03. The molecule has 0 aliphatic carbocycles. The van der Waals surface area contributed by atoms with Crippen LogP contribution in [-0.2, 0) is 9.59 Å². The monoisotopic (exact) mass is 623 g/mol. The molecule has 0 bridgehead atoms. The Balaban J connectivity index is 1.69. The highest BCUT2D eigenvalue weighted by atomic mass is 35.5. The van der Waals surface area contributed by atoms with Crippen LogP contribution in [0, 0.1) is 0 Å². The van der Waals surface area contributed by atoms with Gasteiger partial charge in [0.1, 0.15) is 36.2 Å². The molecule has 1 fully saturated rings. The second kappa shape index (κ2) is 12.1. The lowest BCUT2D eigenvalue weighted by atomic mass is 9.96. The van der Waals surface area contributed by atoms with Crippen LogP contribution in [0.4, 0.5) is 4.79 Å². The molecule has 3 aromatic rings. The van der Waals surface area contributed by atoms with Crippen LogP contribution >= 0.6 is 23.1 Å². The van der Waals surface area contributed by atoms with Crippen molar-refractivity contribution in [1.82, 2.24) is 19.5 Å². The third-order valence-corrected chi connectivity index (χ3v) is 7.72. The van der Waals surface area contributed by atoms with Crippen molar-refractivity contribution in [3.05, 3.63) is 81.3 Å². The number of rotatable bonds is 7. The summed E-state index contributed by atoms with van der Waals surface area (Å²) in [6.45, 7) is 6.02. The molecule has 224 valence electrons. The van der Waals surface area contributed by atoms with Crippen molar-refractivity contribution >= 4 is 52.7 Å². The first kappa shape index (κ1) is 30.2. The Bertz CT molecular complexity index is 1590. The number of benzene rings is 2. The molecule has 3 heterocycles. The number of carbonyl (C=O) groups is 4. The first-order chi connectivity index (χ1) is 20.4. The van der Waals surface area contributed by atoms with Crippen LogP contribution in [0.3, 0.4) is 0 Å². The summed E-state index contributed by atoms with van der Waals surface area (Å²) >= 11 is 7.44. The second-order valence-electron chi connectivity index (χ2n) is 11.2. The molecule has 1 aromatic heterocycles. The summed E-state index contributed by atoms with van der Waals surface area (Å²) in [6.07, 6.45) is 1.02. The normalized spacial score (nSPS) is 18.7. The number of ether oxygens (including phenoxy) is 1. The Morgan fingerprint density at radius 2 is 1.88 bits per heavy atom. The van der Waals surface area contributed by atoms with Crippen LogP contribution < -0.4 is 10.1 Å². The summed E-state index contributed by atoms with van der Waals surface area (Å²) in [5.74, 6) is -1.55. The first-order valence-corrected chi connectivity index (χ1v) is 14.8. The first-order valence-electron chi connectivity index (χ1n) is 13.6. The molecule has 0 spiro atoms. The number of aromatic nitrogens is 1. The third-order valence-electron chi connectivity index (χ3n) is 6.86. The van der Waals surface area contributed by atoms with Gasteiger partial charge in [0.05, 0.1) is 11.6 Å². The minimum Gasteiger partial charge on any atom is -0.487 e. The van der Waals surface area contributed by atoms with E-state index in [1.165, 1.54) is 28.6 Å². The molecule has 2 aromatic carbocycles. The maximum atomic E-state index is 14.4. The van der Waals surface area contributed by atoms with E-state index in [1.54, 1.807) is 29.3 Å². The van der Waals surface area contributed by atoms with Crippen molar-refractivity contribution in [2.45, 2.75) is 44.9 Å². The standard InChI is InChI=1S/C30H30ClN5O6S/c1-30(2,3)42-23-12-18(22(37)13-25(39)40)6-9-21(23)28-34-26(17-4-7-20(31)8-5-17)27(19-14-33-43-16-19)36(28)29(41)35-11-10-32-24(38)15-35/h4-9,12,14,16,26-27H,10-11,13,15H2,1-3H3,(H,32,38)(H,39,40)/t26-,27+/m0/s1. The van der Waals surface area contributed by atoms with Crippen LogP contribution in [0.1, 0.15) is 66.3 Å². The quantitative estimate of drug-likeness (QED) is 0.286. The molecule has 43 heavy (non-hydrogen) atoms. The van der Waals surface area contributed by atoms with Gasteiger partial charge in [0.25, 0.3) is 0 Å². The highest BCUT2D eigenvalue weighted by Crippen LogP contribution is 2.45. The van der Waals surface area contributed by atoms with Gasteiger partial charge in [0.15, 0.2) is 5.78 Å². The van der Waals surface area contributed by atoms with Crippen molar-refractivity contribution in [2.24, 2.45) is 4.99 Å². The van der Waals surface area contributed by atoms with Gasteiger partial charge in [-0.2, -0.15) is 0 Å². The van der Waals surface area contributed by atoms with Gasteiger partial charge < -0.3 is 20.1 Å². The van der Waals surface area contributed by atoms with E-state index in [-0.39, 0.29) is 29.6 Å². The molecule has 0 unspecified atom stereocenters. The third kappa shape index (κ3) is 6.70. The van der Waals surface area contributed by atoms with E-state index in [1.807, 2.05) is 38.3 Å². The summed E-state index contributed by atoms with van der Waals surface area (Å²) in [5.41, 5.74) is 1.43. The number of aliphatic carboxylic acids is 1. The molecule has 5 rings (SSSR count). The lowest BCUT2D eigenvalue weighted by Gasteiger charge is -2.35. The van der Waals surface area contributed by atoms with Crippen LogP contribution in [0.25, 0.3) is 0 Å². The fourth-order valence-electron chi connectivity index (χ4n) is 5.04. The van der Waals surface area contributed by atoms with E-state index in [0.29, 0.717) is 23.7 Å². The summed E-state index contributed by atoms with van der Waals surface area (Å²) in [5, 5.41) is 14.3. The molecule has 1 saturated heterocycles. The van der Waals surface area contributed by atoms with Gasteiger partial charge in [-0.1, -0.05) is 29.8 Å². The number of amides is 3. The second-order valence-corrected chi connectivity index (χ2v) is 12.3. The fraction of sp³-hybridized carbons (Fsp3) is 0.333. The number of halogens is 1. The number of carboxylic acid groups (broad SMARTS) is 1. The number of ketones is 1. The highest BCUT2D eigenvalue weighted by Gasteiger charge is 2.45. The number of nitrogens with zero attached hydrogens (tertiary/aromatic N) is 4. The zero-order chi connectivity index (χ0) is 30.9. The number of urea groups is 1. The number of amidine groups is 1. The average molecular weight is 624 g/mol. The summed E-state index contributed by atoms with van der Waals surface area (Å²) in [4.78, 5) is 58.7. The van der Waals surface area contributed by atoms with E-state index >= 15 is 0 Å². The lowest BCUT2D eigenvalue weighted by Crippen LogP contribution is -2.55. The molecule has 11 nitrogen and oxygen atoms in total. The van der Waals surface area contributed by atoms with Gasteiger partial charge in [-0.25, -0.2) is 9.17 Å². The lowest BCUT2D eigenvalue weighted by molar-refractivity contribution is -0.136. The number of hydrogen-bond acceptors (Lipinski definition) is 8. The zero-order valence-electron chi connectivity index (χ0n) is 23.7. The van der Waals surface area contributed by atoms with Gasteiger partial charge in [-0.3, -0.25) is 24.3 Å². The van der Waals surface area contributed by atoms with E-state index < -0.39 is 41.9 Å². The fourth-order valence-corrected chi connectivity index (χ4v) is 5.73. The number of carboxylic acids is 1. The minimum atomic E-state index is -1.24. The summed E-state index contributed by atoms with van der Waals surface area (Å²) in [7, 11) is 0. The van der Waals surface area contributed by atoms with E-state index in [0.717, 1.165) is 11.1 Å². The SMILES string of the molecule is CC(C)(C)Oc1cc(C(=O)CC(=O)O)ccc1C1=N[C@@H](c2ccc(Cl)cc2)[C@@H](c2cnsc2)N1C(=O)N1CCNC(=O)C1. The molecule has 2 aliphatic rings. The Labute approximate surface area is 257 Å². The summed E-state index contributed by atoms with van der Waals surface area (Å²) < 4.78 is 10.6. The predicted octanol–water partition coefficient (Wildman–Crippen LogP) is 4.73. The Morgan fingerprint density at radius 3 is 2.51 bits per heavy atom. The van der Waals surface area contributed by atoms with Gasteiger partial charge >= 0.3 is 12.0 Å². The summed E-state index contributed by atoms with van der Waals surface area (Å²) in [6, 6.07) is 10.2. The van der Waals surface area contributed by atoms with Crippen LogP contribution in [0.2, 0.25) is 5.02 Å². The van der Waals surface area contributed by atoms with Crippen molar-refractivity contribution in [2.75, 3.05) is 19.6 Å². The van der Waals surface area contributed by atoms with Gasteiger partial charge in [-0.05, 0) is 62.1 Å². The maximum Gasteiger partial charge on any atom is 0.326 e. The molecule has 3 amide bonds. The minimum absolute atomic E-state index is 0.114. The Morgan fingerprint density at radius 1 is 1.14 bits per heavy atom. The van der Waals surface area contributed by atoms with Gasteiger partial charge in [0.2, 0.25) is 5.91 Å². The maximum absolute atomic E-state index is 14.4. The Hall–Kier alpha value is -4.29. The smallest absolute Gasteiger partial charge is 0.326 e. The zero-order valence-corrected chi connectivity index (χ0v) is 25.3. The number of nitrogens with one attached hydrogen (secondary N) is 1. The van der Waals surface area contributed by atoms with Crippen molar-refractivity contribution < 1.29 is 29.0 Å². The molecular formula is C30H30ClN5O6S.